The van der Waals surface area contributed by atoms with Crippen LogP contribution in [-0.2, 0) is 16.1 Å². The van der Waals surface area contributed by atoms with Gasteiger partial charge in [0, 0.05) is 32.6 Å². The second kappa shape index (κ2) is 10.3. The molecule has 3 rings (SSSR count). The molecular weight excluding hydrogens is 404 g/mol. The van der Waals surface area contributed by atoms with E-state index in [-0.39, 0.29) is 18.2 Å². The largest absolute Gasteiger partial charge is 0.495 e. The first kappa shape index (κ1) is 23.3. The molecule has 0 spiro atoms. The third-order valence-corrected chi connectivity index (χ3v) is 5.66. The van der Waals surface area contributed by atoms with E-state index in [2.05, 4.69) is 6.07 Å². The van der Waals surface area contributed by atoms with Crippen molar-refractivity contribution in [2.45, 2.75) is 19.9 Å². The highest BCUT2D eigenvalue weighted by molar-refractivity contribution is 6.01. The number of carbonyl (C=O) groups excluding carboxylic acids is 2. The number of rotatable bonds is 8. The summed E-state index contributed by atoms with van der Waals surface area (Å²) in [6.07, 6.45) is 0.173. The lowest BCUT2D eigenvalue weighted by atomic mass is 10.1. The van der Waals surface area contributed by atoms with Gasteiger partial charge in [-0.2, -0.15) is 5.26 Å². The molecule has 1 fully saturated rings. The summed E-state index contributed by atoms with van der Waals surface area (Å²) < 4.78 is 5.45. The van der Waals surface area contributed by atoms with Crippen molar-refractivity contribution in [2.75, 3.05) is 45.7 Å². The molecule has 7 heteroatoms. The smallest absolute Gasteiger partial charge is 0.228 e. The minimum atomic E-state index is -0.422. The van der Waals surface area contributed by atoms with Crippen LogP contribution in [0.1, 0.15) is 23.1 Å². The number of nitrogens with zero attached hydrogens (tertiary/aromatic N) is 4. The van der Waals surface area contributed by atoms with Gasteiger partial charge >= 0.3 is 0 Å². The molecule has 1 aliphatic heterocycles. The van der Waals surface area contributed by atoms with E-state index in [4.69, 9.17) is 4.74 Å². The topological polar surface area (TPSA) is 76.9 Å². The van der Waals surface area contributed by atoms with Crippen LogP contribution in [0.15, 0.2) is 42.5 Å². The van der Waals surface area contributed by atoms with Crippen LogP contribution in [0.25, 0.3) is 0 Å². The molecule has 1 aliphatic rings. The van der Waals surface area contributed by atoms with E-state index in [1.807, 2.05) is 56.3 Å². The summed E-state index contributed by atoms with van der Waals surface area (Å²) in [6, 6.07) is 15.1. The number of anilines is 1. The van der Waals surface area contributed by atoms with E-state index in [0.29, 0.717) is 43.2 Å². The number of methoxy groups -OCH3 is 1. The maximum absolute atomic E-state index is 13.5. The van der Waals surface area contributed by atoms with Crippen molar-refractivity contribution in [2.24, 2.45) is 5.92 Å². The van der Waals surface area contributed by atoms with Crippen molar-refractivity contribution in [3.63, 3.8) is 0 Å². The molecule has 1 heterocycles. The lowest BCUT2D eigenvalue weighted by molar-refractivity contribution is -0.136. The molecule has 1 saturated heterocycles. The highest BCUT2D eigenvalue weighted by Gasteiger charge is 2.38. The molecule has 168 valence electrons. The fourth-order valence-electron chi connectivity index (χ4n) is 3.92. The number of nitriles is 1. The lowest BCUT2D eigenvalue weighted by Gasteiger charge is -2.27. The predicted octanol–water partition coefficient (Wildman–Crippen LogP) is 2.82. The first-order valence-corrected chi connectivity index (χ1v) is 10.7. The molecule has 0 aliphatic carbocycles. The SMILES string of the molecule is COc1ccc(C)cc1N1CC(C(=O)N(CCN(C)C)Cc2cccc(C#N)c2)CC1=O. The average molecular weight is 435 g/mol. The third kappa shape index (κ3) is 5.45. The minimum Gasteiger partial charge on any atom is -0.495 e. The van der Waals surface area contributed by atoms with Gasteiger partial charge in [0.1, 0.15) is 5.75 Å². The van der Waals surface area contributed by atoms with Gasteiger partial charge < -0.3 is 19.4 Å². The zero-order valence-electron chi connectivity index (χ0n) is 19.2. The van der Waals surface area contributed by atoms with E-state index < -0.39 is 5.92 Å². The van der Waals surface area contributed by atoms with E-state index in [1.165, 1.54) is 0 Å². The van der Waals surface area contributed by atoms with E-state index in [0.717, 1.165) is 11.1 Å². The molecule has 0 N–H and O–H groups in total. The fourth-order valence-corrected chi connectivity index (χ4v) is 3.92. The second-order valence-corrected chi connectivity index (χ2v) is 8.46. The number of benzene rings is 2. The normalized spacial score (nSPS) is 15.7. The lowest BCUT2D eigenvalue weighted by Crippen LogP contribution is -2.40. The molecule has 0 saturated carbocycles. The Bertz CT molecular complexity index is 1030. The summed E-state index contributed by atoms with van der Waals surface area (Å²) in [4.78, 5) is 31.8. The molecule has 2 amide bonds. The highest BCUT2D eigenvalue weighted by Crippen LogP contribution is 2.34. The average Bonchev–Trinajstić information content (AvgIpc) is 3.17. The number of ether oxygens (including phenoxy) is 1. The number of aryl methyl sites for hydroxylation is 1. The molecule has 0 bridgehead atoms. The summed E-state index contributed by atoms with van der Waals surface area (Å²) >= 11 is 0. The number of hydrogen-bond donors (Lipinski definition) is 0. The molecule has 32 heavy (non-hydrogen) atoms. The van der Waals surface area contributed by atoms with Crippen LogP contribution in [0, 0.1) is 24.2 Å². The Kier molecular flexibility index (Phi) is 7.49. The van der Waals surface area contributed by atoms with E-state index in [9.17, 15) is 14.9 Å². The predicted molar refractivity (Wildman–Crippen MR) is 123 cm³/mol. The highest BCUT2D eigenvalue weighted by atomic mass is 16.5. The zero-order chi connectivity index (χ0) is 23.3. The van der Waals surface area contributed by atoms with Gasteiger partial charge in [-0.1, -0.05) is 18.2 Å². The Hall–Kier alpha value is -3.37. The Morgan fingerprint density at radius 1 is 1.22 bits per heavy atom. The first-order chi connectivity index (χ1) is 15.3. The van der Waals surface area contributed by atoms with Crippen molar-refractivity contribution in [1.82, 2.24) is 9.80 Å². The monoisotopic (exact) mass is 434 g/mol. The third-order valence-electron chi connectivity index (χ3n) is 5.66. The molecule has 1 atom stereocenters. The van der Waals surface area contributed by atoms with Crippen molar-refractivity contribution in [3.05, 3.63) is 59.2 Å². The summed E-state index contributed by atoms with van der Waals surface area (Å²) in [6.45, 7) is 3.94. The summed E-state index contributed by atoms with van der Waals surface area (Å²) in [7, 11) is 5.50. The second-order valence-electron chi connectivity index (χ2n) is 8.46. The van der Waals surface area contributed by atoms with E-state index in [1.54, 1.807) is 29.0 Å². The Morgan fingerprint density at radius 3 is 2.69 bits per heavy atom. The van der Waals surface area contributed by atoms with Crippen molar-refractivity contribution >= 4 is 17.5 Å². The molecule has 7 nitrogen and oxygen atoms in total. The maximum Gasteiger partial charge on any atom is 0.228 e. The molecule has 2 aromatic rings. The minimum absolute atomic E-state index is 0.0447. The summed E-state index contributed by atoms with van der Waals surface area (Å²) in [5.41, 5.74) is 3.19. The number of likely N-dealkylation sites (N-methyl/N-ethyl adjacent to an activating group) is 1. The van der Waals surface area contributed by atoms with Gasteiger partial charge in [-0.15, -0.1) is 0 Å². The standard InChI is InChI=1S/C25H30N4O3/c1-18-8-9-23(32-4)22(12-18)29-17-21(14-24(29)30)25(31)28(11-10-27(2)3)16-20-7-5-6-19(13-20)15-26/h5-9,12-13,21H,10-11,14,16-17H2,1-4H3. The van der Waals surface area contributed by atoms with Gasteiger partial charge in [0.05, 0.1) is 30.3 Å². The number of carbonyl (C=O) groups is 2. The van der Waals surface area contributed by atoms with Crippen molar-refractivity contribution in [3.8, 4) is 11.8 Å². The fraction of sp³-hybridized carbons (Fsp3) is 0.400. The Labute approximate surface area is 189 Å². The molecular formula is C25H30N4O3. The summed E-state index contributed by atoms with van der Waals surface area (Å²) in [5.74, 6) is 0.0758. The first-order valence-electron chi connectivity index (χ1n) is 10.7. The Morgan fingerprint density at radius 2 is 2.00 bits per heavy atom. The van der Waals surface area contributed by atoms with Crippen LogP contribution in [0.5, 0.6) is 5.75 Å². The molecule has 1 unspecified atom stereocenters. The van der Waals surface area contributed by atoms with Gasteiger partial charge in [0.15, 0.2) is 0 Å². The van der Waals surface area contributed by atoms with Crippen LogP contribution in [0.4, 0.5) is 5.69 Å². The van der Waals surface area contributed by atoms with Gasteiger partial charge in [-0.25, -0.2) is 0 Å². The van der Waals surface area contributed by atoms with Crippen LogP contribution < -0.4 is 9.64 Å². The van der Waals surface area contributed by atoms with Gasteiger partial charge in [-0.3, -0.25) is 9.59 Å². The quantitative estimate of drug-likeness (QED) is 0.639. The van der Waals surface area contributed by atoms with Crippen LogP contribution in [0.2, 0.25) is 0 Å². The molecule has 0 aromatic heterocycles. The van der Waals surface area contributed by atoms with Gasteiger partial charge in [0.25, 0.3) is 0 Å². The van der Waals surface area contributed by atoms with Crippen molar-refractivity contribution in [1.29, 1.82) is 5.26 Å². The van der Waals surface area contributed by atoms with Gasteiger partial charge in [-0.05, 0) is 56.4 Å². The van der Waals surface area contributed by atoms with Crippen LogP contribution in [0.3, 0.4) is 0 Å². The van der Waals surface area contributed by atoms with Crippen LogP contribution in [-0.4, -0.2) is 62.5 Å². The number of amides is 2. The van der Waals surface area contributed by atoms with E-state index >= 15 is 0 Å². The summed E-state index contributed by atoms with van der Waals surface area (Å²) in [5, 5.41) is 9.19. The maximum atomic E-state index is 13.5. The van der Waals surface area contributed by atoms with Crippen molar-refractivity contribution < 1.29 is 14.3 Å². The Balaban J connectivity index is 1.81. The molecule has 2 aromatic carbocycles. The number of hydrogen-bond acceptors (Lipinski definition) is 5. The van der Waals surface area contributed by atoms with Crippen LogP contribution >= 0.6 is 0 Å². The zero-order valence-corrected chi connectivity index (χ0v) is 19.2. The van der Waals surface area contributed by atoms with Gasteiger partial charge in [0.2, 0.25) is 11.8 Å². The molecule has 0 radical (unpaired) electrons.